The number of hydroxylamine groups is 1. The molecule has 0 aromatic heterocycles. The Labute approximate surface area is 74.3 Å². The number of allylic oxidation sites excluding steroid dienone is 2. The fourth-order valence-electron chi connectivity index (χ4n) is 1.41. The highest BCUT2D eigenvalue weighted by Crippen LogP contribution is 2.18. The van der Waals surface area contributed by atoms with Crippen LogP contribution in [0.5, 0.6) is 0 Å². The standard InChI is InChI=1S/C8H8N2O3/c11-7-5-3-1-2-4-6(5)9-10(13)8(7)12/h1-3,6,9,13H,4H2. The second-order valence-corrected chi connectivity index (χ2v) is 2.91. The van der Waals surface area contributed by atoms with E-state index in [1.165, 1.54) is 0 Å². The molecule has 0 aromatic rings. The van der Waals surface area contributed by atoms with Crippen molar-refractivity contribution in [1.29, 1.82) is 0 Å². The number of amides is 1. The lowest BCUT2D eigenvalue weighted by molar-refractivity contribution is -0.187. The number of nitrogens with zero attached hydrogens (tertiary/aromatic N) is 1. The van der Waals surface area contributed by atoms with Crippen LogP contribution in [0.3, 0.4) is 0 Å². The number of carbonyl (C=O) groups is 2. The summed E-state index contributed by atoms with van der Waals surface area (Å²) in [6.45, 7) is 0. The van der Waals surface area contributed by atoms with Gasteiger partial charge in [-0.15, -0.1) is 5.17 Å². The smallest absolute Gasteiger partial charge is 0.283 e. The average Bonchev–Trinajstić information content (AvgIpc) is 2.15. The lowest BCUT2D eigenvalue weighted by Crippen LogP contribution is -2.56. The summed E-state index contributed by atoms with van der Waals surface area (Å²) in [5, 5.41) is 9.24. The molecule has 2 rings (SSSR count). The molecule has 5 nitrogen and oxygen atoms in total. The second kappa shape index (κ2) is 2.79. The minimum atomic E-state index is -0.933. The number of Topliss-reactive ketones (excluding diaryl/α,β-unsaturated/α-hetero) is 1. The highest BCUT2D eigenvalue weighted by molar-refractivity contribution is 6.43. The van der Waals surface area contributed by atoms with E-state index in [4.69, 9.17) is 5.21 Å². The van der Waals surface area contributed by atoms with Crippen LogP contribution in [0.15, 0.2) is 23.8 Å². The molecule has 0 saturated carbocycles. The molecule has 1 unspecified atom stereocenters. The highest BCUT2D eigenvalue weighted by Gasteiger charge is 2.36. The number of nitrogens with one attached hydrogen (secondary N) is 1. The van der Waals surface area contributed by atoms with Gasteiger partial charge in [-0.2, -0.15) is 5.43 Å². The minimum absolute atomic E-state index is 0.253. The maximum Gasteiger partial charge on any atom is 0.333 e. The average molecular weight is 180 g/mol. The molecule has 2 N–H and O–H groups in total. The summed E-state index contributed by atoms with van der Waals surface area (Å²) >= 11 is 0. The van der Waals surface area contributed by atoms with Crippen molar-refractivity contribution in [1.82, 2.24) is 10.6 Å². The van der Waals surface area contributed by atoms with Crippen LogP contribution in [0.25, 0.3) is 0 Å². The lowest BCUT2D eigenvalue weighted by atomic mass is 9.94. The fourth-order valence-corrected chi connectivity index (χ4v) is 1.41. The van der Waals surface area contributed by atoms with Gasteiger partial charge in [-0.25, -0.2) is 0 Å². The number of fused-ring (bicyclic) bond motifs is 1. The largest absolute Gasteiger partial charge is 0.333 e. The first-order valence-electron chi connectivity index (χ1n) is 3.90. The third-order valence-electron chi connectivity index (χ3n) is 2.09. The fraction of sp³-hybridized carbons (Fsp3) is 0.250. The summed E-state index contributed by atoms with van der Waals surface area (Å²) < 4.78 is 0. The van der Waals surface area contributed by atoms with Crippen LogP contribution in [0, 0.1) is 0 Å². The molecule has 1 fully saturated rings. The first-order valence-corrected chi connectivity index (χ1v) is 3.90. The van der Waals surface area contributed by atoms with Crippen LogP contribution < -0.4 is 5.43 Å². The first kappa shape index (κ1) is 8.15. The molecule has 0 spiro atoms. The number of carbonyl (C=O) groups excluding carboxylic acids is 2. The first-order chi connectivity index (χ1) is 6.20. The molecule has 0 aromatic carbocycles. The van der Waals surface area contributed by atoms with Gasteiger partial charge in [0, 0.05) is 5.57 Å². The van der Waals surface area contributed by atoms with Gasteiger partial charge in [-0.3, -0.25) is 14.8 Å². The third-order valence-corrected chi connectivity index (χ3v) is 2.09. The molecule has 1 aliphatic heterocycles. The molecule has 0 radical (unpaired) electrons. The Morgan fingerprint density at radius 1 is 1.54 bits per heavy atom. The number of hydrogen-bond acceptors (Lipinski definition) is 4. The summed E-state index contributed by atoms with van der Waals surface area (Å²) in [5.74, 6) is -1.58. The molecular formula is C8H8N2O3. The van der Waals surface area contributed by atoms with Crippen molar-refractivity contribution in [3.63, 3.8) is 0 Å². The minimum Gasteiger partial charge on any atom is -0.283 e. The van der Waals surface area contributed by atoms with E-state index < -0.39 is 11.7 Å². The molecule has 5 heteroatoms. The van der Waals surface area contributed by atoms with E-state index in [2.05, 4.69) is 5.43 Å². The summed E-state index contributed by atoms with van der Waals surface area (Å²) in [4.78, 5) is 22.3. The molecule has 1 saturated heterocycles. The van der Waals surface area contributed by atoms with Crippen molar-refractivity contribution in [2.75, 3.05) is 0 Å². The van der Waals surface area contributed by atoms with Crippen LogP contribution in [-0.2, 0) is 9.59 Å². The number of ketones is 1. The molecule has 1 atom stereocenters. The van der Waals surface area contributed by atoms with E-state index in [1.54, 1.807) is 12.2 Å². The topological polar surface area (TPSA) is 69.6 Å². The Hall–Kier alpha value is -1.46. The molecule has 1 heterocycles. The van der Waals surface area contributed by atoms with Crippen molar-refractivity contribution < 1.29 is 14.8 Å². The molecular weight excluding hydrogens is 172 g/mol. The monoisotopic (exact) mass is 180 g/mol. The predicted octanol–water partition coefficient (Wildman–Crippen LogP) is -0.454. The van der Waals surface area contributed by atoms with Crippen LogP contribution in [0.2, 0.25) is 0 Å². The zero-order chi connectivity index (χ0) is 9.42. The molecule has 13 heavy (non-hydrogen) atoms. The maximum atomic E-state index is 11.3. The van der Waals surface area contributed by atoms with E-state index in [0.29, 0.717) is 12.0 Å². The third kappa shape index (κ3) is 1.18. The zero-order valence-corrected chi connectivity index (χ0v) is 6.73. The van der Waals surface area contributed by atoms with E-state index in [1.807, 2.05) is 6.08 Å². The Kier molecular flexibility index (Phi) is 1.75. The Morgan fingerprint density at radius 3 is 3.08 bits per heavy atom. The van der Waals surface area contributed by atoms with Gasteiger partial charge >= 0.3 is 5.91 Å². The van der Waals surface area contributed by atoms with Crippen molar-refractivity contribution in [2.24, 2.45) is 0 Å². The van der Waals surface area contributed by atoms with Crippen molar-refractivity contribution in [3.8, 4) is 0 Å². The van der Waals surface area contributed by atoms with Gasteiger partial charge in [-0.05, 0) is 6.42 Å². The zero-order valence-electron chi connectivity index (χ0n) is 6.73. The Morgan fingerprint density at radius 2 is 2.31 bits per heavy atom. The van der Waals surface area contributed by atoms with Gasteiger partial charge in [-0.1, -0.05) is 18.2 Å². The quantitative estimate of drug-likeness (QED) is 0.391. The maximum absolute atomic E-state index is 11.3. The SMILES string of the molecule is O=C1C(=O)N(O)NC2CC=CC=C12. The van der Waals surface area contributed by atoms with E-state index in [-0.39, 0.29) is 11.2 Å². The van der Waals surface area contributed by atoms with E-state index in [9.17, 15) is 9.59 Å². The van der Waals surface area contributed by atoms with Crippen molar-refractivity contribution in [2.45, 2.75) is 12.5 Å². The van der Waals surface area contributed by atoms with E-state index >= 15 is 0 Å². The lowest BCUT2D eigenvalue weighted by Gasteiger charge is -2.30. The van der Waals surface area contributed by atoms with Gasteiger partial charge in [0.1, 0.15) is 0 Å². The van der Waals surface area contributed by atoms with Gasteiger partial charge in [0.2, 0.25) is 0 Å². The van der Waals surface area contributed by atoms with Crippen LogP contribution in [0.1, 0.15) is 6.42 Å². The van der Waals surface area contributed by atoms with Crippen molar-refractivity contribution >= 4 is 11.7 Å². The molecule has 0 bridgehead atoms. The summed E-state index contributed by atoms with van der Waals surface area (Å²) in [7, 11) is 0. The molecule has 1 aliphatic carbocycles. The number of hydrogen-bond donors (Lipinski definition) is 2. The number of rotatable bonds is 0. The van der Waals surface area contributed by atoms with Gasteiger partial charge in [0.25, 0.3) is 5.78 Å². The Balaban J connectivity index is 2.34. The molecule has 2 aliphatic rings. The number of hydrazine groups is 1. The summed E-state index contributed by atoms with van der Waals surface area (Å²) in [5.41, 5.74) is 2.91. The van der Waals surface area contributed by atoms with Crippen LogP contribution in [0.4, 0.5) is 0 Å². The second-order valence-electron chi connectivity index (χ2n) is 2.91. The molecule has 68 valence electrons. The molecule has 1 amide bonds. The van der Waals surface area contributed by atoms with Gasteiger partial charge in [0.05, 0.1) is 6.04 Å². The van der Waals surface area contributed by atoms with Gasteiger partial charge < -0.3 is 0 Å². The Bertz CT molecular complexity index is 332. The highest BCUT2D eigenvalue weighted by atomic mass is 16.6. The summed E-state index contributed by atoms with van der Waals surface area (Å²) in [6, 6.07) is -0.278. The summed E-state index contributed by atoms with van der Waals surface area (Å²) in [6.07, 6.45) is 5.78. The van der Waals surface area contributed by atoms with Crippen LogP contribution >= 0.6 is 0 Å². The van der Waals surface area contributed by atoms with E-state index in [0.717, 1.165) is 0 Å². The van der Waals surface area contributed by atoms with Crippen LogP contribution in [-0.4, -0.2) is 28.1 Å². The van der Waals surface area contributed by atoms with Crippen molar-refractivity contribution in [3.05, 3.63) is 23.8 Å². The normalized spacial score (nSPS) is 27.3. The van der Waals surface area contributed by atoms with Gasteiger partial charge in [0.15, 0.2) is 0 Å². The predicted molar refractivity (Wildman–Crippen MR) is 42.4 cm³/mol.